The second-order valence-corrected chi connectivity index (χ2v) is 3.87. The number of hydrogen-bond acceptors (Lipinski definition) is 3. The lowest BCUT2D eigenvalue weighted by Crippen LogP contribution is -2.17. The summed E-state index contributed by atoms with van der Waals surface area (Å²) >= 11 is 0. The molecule has 1 aliphatic carbocycles. The fourth-order valence-electron chi connectivity index (χ4n) is 2.53. The molecule has 0 aromatic carbocycles. The molecule has 68 valence electrons. The third kappa shape index (κ3) is 1.22. The summed E-state index contributed by atoms with van der Waals surface area (Å²) in [6, 6.07) is 0. The number of ether oxygens (including phenoxy) is 1. The fourth-order valence-corrected chi connectivity index (χ4v) is 2.53. The van der Waals surface area contributed by atoms with Gasteiger partial charge in [0.1, 0.15) is 0 Å². The van der Waals surface area contributed by atoms with Crippen molar-refractivity contribution in [2.45, 2.75) is 12.8 Å². The van der Waals surface area contributed by atoms with Crippen LogP contribution in [0.5, 0.6) is 0 Å². The highest BCUT2D eigenvalue weighted by atomic mass is 16.5. The third-order valence-corrected chi connectivity index (χ3v) is 3.19. The van der Waals surface area contributed by atoms with Crippen LogP contribution in [0.3, 0.4) is 0 Å². The first-order chi connectivity index (χ1) is 5.81. The van der Waals surface area contributed by atoms with E-state index >= 15 is 0 Å². The van der Waals surface area contributed by atoms with Gasteiger partial charge in [-0.2, -0.15) is 0 Å². The highest BCUT2D eigenvalue weighted by molar-refractivity contribution is 5.72. The van der Waals surface area contributed by atoms with Gasteiger partial charge in [0.15, 0.2) is 0 Å². The van der Waals surface area contributed by atoms with E-state index in [1.807, 2.05) is 0 Å². The molecule has 3 atom stereocenters. The summed E-state index contributed by atoms with van der Waals surface area (Å²) in [5.41, 5.74) is 0. The normalized spacial score (nSPS) is 39.6. The molecule has 2 aliphatic rings. The van der Waals surface area contributed by atoms with Crippen molar-refractivity contribution >= 4 is 5.97 Å². The standard InChI is InChI=1S/C9H15NO2/c1-12-9(11)6-2-7-4-10-5-8(7)3-6/h6-8,10H,2-5H2,1H3/t6?,7-,8+. The molecule has 1 N–H and O–H groups in total. The highest BCUT2D eigenvalue weighted by Crippen LogP contribution is 2.38. The van der Waals surface area contributed by atoms with Crippen molar-refractivity contribution in [3.8, 4) is 0 Å². The van der Waals surface area contributed by atoms with Crippen molar-refractivity contribution < 1.29 is 9.53 Å². The molecule has 1 saturated heterocycles. The highest BCUT2D eigenvalue weighted by Gasteiger charge is 2.40. The van der Waals surface area contributed by atoms with Crippen molar-refractivity contribution in [1.82, 2.24) is 5.32 Å². The summed E-state index contributed by atoms with van der Waals surface area (Å²) < 4.78 is 4.74. The summed E-state index contributed by atoms with van der Waals surface area (Å²) in [5.74, 6) is 1.64. The molecule has 0 bridgehead atoms. The molecule has 1 aliphatic heterocycles. The molecule has 0 spiro atoms. The Balaban J connectivity index is 1.94. The van der Waals surface area contributed by atoms with Gasteiger partial charge in [0.25, 0.3) is 0 Å². The molecule has 1 heterocycles. The minimum Gasteiger partial charge on any atom is -0.469 e. The van der Waals surface area contributed by atoms with Gasteiger partial charge in [-0.05, 0) is 37.8 Å². The Hall–Kier alpha value is -0.570. The zero-order valence-electron chi connectivity index (χ0n) is 7.38. The van der Waals surface area contributed by atoms with Crippen LogP contribution in [-0.2, 0) is 9.53 Å². The Kier molecular flexibility index (Phi) is 2.05. The molecule has 0 aromatic heterocycles. The first-order valence-corrected chi connectivity index (χ1v) is 4.60. The van der Waals surface area contributed by atoms with Crippen LogP contribution in [0, 0.1) is 17.8 Å². The first-order valence-electron chi connectivity index (χ1n) is 4.60. The SMILES string of the molecule is COC(=O)C1C[C@H]2CNC[C@H]2C1. The van der Waals surface area contributed by atoms with Crippen LogP contribution >= 0.6 is 0 Å². The lowest BCUT2D eigenvalue weighted by atomic mass is 10.0. The predicted octanol–water partition coefficient (Wildman–Crippen LogP) is 0.405. The molecule has 0 radical (unpaired) electrons. The monoisotopic (exact) mass is 169 g/mol. The number of methoxy groups -OCH3 is 1. The summed E-state index contributed by atoms with van der Waals surface area (Å²) in [5, 5.41) is 3.35. The predicted molar refractivity (Wildman–Crippen MR) is 44.6 cm³/mol. The number of rotatable bonds is 1. The Morgan fingerprint density at radius 3 is 2.42 bits per heavy atom. The van der Waals surface area contributed by atoms with Crippen LogP contribution in [0.15, 0.2) is 0 Å². The van der Waals surface area contributed by atoms with Crippen molar-refractivity contribution in [3.63, 3.8) is 0 Å². The lowest BCUT2D eigenvalue weighted by Gasteiger charge is -2.07. The van der Waals surface area contributed by atoms with E-state index in [1.165, 1.54) is 7.11 Å². The maximum atomic E-state index is 11.2. The van der Waals surface area contributed by atoms with E-state index in [0.717, 1.165) is 37.8 Å². The Labute approximate surface area is 72.5 Å². The molecule has 3 nitrogen and oxygen atoms in total. The van der Waals surface area contributed by atoms with Gasteiger partial charge in [-0.1, -0.05) is 0 Å². The number of carbonyl (C=O) groups excluding carboxylic acids is 1. The summed E-state index contributed by atoms with van der Waals surface area (Å²) in [6.07, 6.45) is 2.06. The van der Waals surface area contributed by atoms with E-state index in [0.29, 0.717) is 0 Å². The average molecular weight is 169 g/mol. The van der Waals surface area contributed by atoms with Crippen LogP contribution in [0.4, 0.5) is 0 Å². The lowest BCUT2D eigenvalue weighted by molar-refractivity contribution is -0.145. The van der Waals surface area contributed by atoms with E-state index in [1.54, 1.807) is 0 Å². The van der Waals surface area contributed by atoms with Gasteiger partial charge < -0.3 is 10.1 Å². The number of nitrogens with one attached hydrogen (secondary N) is 1. The minimum atomic E-state index is -0.00981. The van der Waals surface area contributed by atoms with Gasteiger partial charge in [0, 0.05) is 0 Å². The zero-order valence-corrected chi connectivity index (χ0v) is 7.38. The quantitative estimate of drug-likeness (QED) is 0.578. The third-order valence-electron chi connectivity index (χ3n) is 3.19. The van der Waals surface area contributed by atoms with Crippen LogP contribution in [0.2, 0.25) is 0 Å². The van der Waals surface area contributed by atoms with Gasteiger partial charge in [0.2, 0.25) is 0 Å². The Morgan fingerprint density at radius 1 is 1.33 bits per heavy atom. The first kappa shape index (κ1) is 8.05. The van der Waals surface area contributed by atoms with Crippen molar-refractivity contribution in [2.24, 2.45) is 17.8 Å². The topological polar surface area (TPSA) is 38.3 Å². The van der Waals surface area contributed by atoms with Crippen LogP contribution in [0.25, 0.3) is 0 Å². The largest absolute Gasteiger partial charge is 0.469 e. The van der Waals surface area contributed by atoms with Crippen LogP contribution in [0.1, 0.15) is 12.8 Å². The molecule has 1 saturated carbocycles. The fraction of sp³-hybridized carbons (Fsp3) is 0.889. The number of hydrogen-bond donors (Lipinski definition) is 1. The molecular formula is C9H15NO2. The number of esters is 1. The van der Waals surface area contributed by atoms with Crippen LogP contribution < -0.4 is 5.32 Å². The molecule has 2 rings (SSSR count). The molecular weight excluding hydrogens is 154 g/mol. The average Bonchev–Trinajstić information content (AvgIpc) is 2.60. The number of fused-ring (bicyclic) bond motifs is 1. The molecule has 2 fully saturated rings. The van der Waals surface area contributed by atoms with Crippen LogP contribution in [-0.4, -0.2) is 26.2 Å². The maximum absolute atomic E-state index is 11.2. The summed E-state index contributed by atoms with van der Waals surface area (Å²) in [7, 11) is 1.48. The van der Waals surface area contributed by atoms with E-state index < -0.39 is 0 Å². The molecule has 1 unspecified atom stereocenters. The second-order valence-electron chi connectivity index (χ2n) is 3.87. The van der Waals surface area contributed by atoms with Crippen molar-refractivity contribution in [2.75, 3.05) is 20.2 Å². The van der Waals surface area contributed by atoms with Gasteiger partial charge in [-0.25, -0.2) is 0 Å². The van der Waals surface area contributed by atoms with E-state index in [-0.39, 0.29) is 11.9 Å². The van der Waals surface area contributed by atoms with E-state index in [9.17, 15) is 4.79 Å². The molecule has 0 aromatic rings. The Bertz CT molecular complexity index is 181. The van der Waals surface area contributed by atoms with E-state index in [4.69, 9.17) is 4.74 Å². The minimum absolute atomic E-state index is 0.00981. The van der Waals surface area contributed by atoms with Gasteiger partial charge in [0.05, 0.1) is 13.0 Å². The molecule has 3 heteroatoms. The second kappa shape index (κ2) is 3.05. The smallest absolute Gasteiger partial charge is 0.308 e. The van der Waals surface area contributed by atoms with Crippen molar-refractivity contribution in [3.05, 3.63) is 0 Å². The van der Waals surface area contributed by atoms with Crippen molar-refractivity contribution in [1.29, 1.82) is 0 Å². The van der Waals surface area contributed by atoms with E-state index in [2.05, 4.69) is 5.32 Å². The summed E-state index contributed by atoms with van der Waals surface area (Å²) in [4.78, 5) is 11.2. The van der Waals surface area contributed by atoms with Gasteiger partial charge in [-0.3, -0.25) is 4.79 Å². The Morgan fingerprint density at radius 2 is 1.92 bits per heavy atom. The maximum Gasteiger partial charge on any atom is 0.308 e. The zero-order chi connectivity index (χ0) is 8.55. The summed E-state index contributed by atoms with van der Waals surface area (Å²) in [6.45, 7) is 2.19. The number of carbonyl (C=O) groups is 1. The van der Waals surface area contributed by atoms with Gasteiger partial charge in [-0.15, -0.1) is 0 Å². The molecule has 0 amide bonds. The van der Waals surface area contributed by atoms with Gasteiger partial charge >= 0.3 is 5.97 Å². The molecule has 12 heavy (non-hydrogen) atoms.